The minimum absolute atomic E-state index is 0.136. The van der Waals surface area contributed by atoms with E-state index in [1.807, 2.05) is 0 Å². The molecule has 2 aromatic rings. The van der Waals surface area contributed by atoms with Gasteiger partial charge in [-0.15, -0.1) is 0 Å². The number of pyridine rings is 1. The first-order chi connectivity index (χ1) is 6.66. The van der Waals surface area contributed by atoms with Gasteiger partial charge < -0.3 is 10.1 Å². The topological polar surface area (TPSA) is 60.4 Å². The van der Waals surface area contributed by atoms with Gasteiger partial charge in [0.25, 0.3) is 0 Å². The van der Waals surface area contributed by atoms with Crippen LogP contribution in [0, 0.1) is 0 Å². The van der Waals surface area contributed by atoms with E-state index >= 15 is 0 Å². The second kappa shape index (κ2) is 3.31. The zero-order valence-corrected chi connectivity index (χ0v) is 8.03. The minimum Gasteiger partial charge on any atom is -0.369 e. The SMILES string of the molecule is NC(=O)Cc1ncn2ccc(Cl)cc12. The number of imidazole rings is 1. The van der Waals surface area contributed by atoms with Gasteiger partial charge in [0.05, 0.1) is 24.0 Å². The fourth-order valence-electron chi connectivity index (χ4n) is 1.32. The van der Waals surface area contributed by atoms with Gasteiger partial charge >= 0.3 is 0 Å². The second-order valence-electron chi connectivity index (χ2n) is 2.97. The Morgan fingerprint density at radius 3 is 3.14 bits per heavy atom. The Morgan fingerprint density at radius 2 is 2.43 bits per heavy atom. The third-order valence-corrected chi connectivity index (χ3v) is 2.16. The summed E-state index contributed by atoms with van der Waals surface area (Å²) < 4.78 is 1.80. The van der Waals surface area contributed by atoms with Crippen LogP contribution >= 0.6 is 11.6 Å². The van der Waals surface area contributed by atoms with E-state index in [9.17, 15) is 4.79 Å². The van der Waals surface area contributed by atoms with Crippen LogP contribution in [0.5, 0.6) is 0 Å². The van der Waals surface area contributed by atoms with E-state index in [0.29, 0.717) is 10.7 Å². The lowest BCUT2D eigenvalue weighted by Crippen LogP contribution is -2.14. The number of carbonyl (C=O) groups excluding carboxylic acids is 1. The summed E-state index contributed by atoms with van der Waals surface area (Å²) in [4.78, 5) is 14.8. The zero-order valence-electron chi connectivity index (χ0n) is 7.27. The molecule has 2 rings (SSSR count). The Bertz CT molecular complexity index is 492. The average molecular weight is 210 g/mol. The highest BCUT2D eigenvalue weighted by Crippen LogP contribution is 2.15. The van der Waals surface area contributed by atoms with Gasteiger partial charge in [-0.25, -0.2) is 4.98 Å². The van der Waals surface area contributed by atoms with Crippen molar-refractivity contribution in [2.45, 2.75) is 6.42 Å². The smallest absolute Gasteiger partial charge is 0.223 e. The summed E-state index contributed by atoms with van der Waals surface area (Å²) in [5.74, 6) is -0.398. The number of carbonyl (C=O) groups is 1. The van der Waals surface area contributed by atoms with Crippen LogP contribution in [0.3, 0.4) is 0 Å². The molecule has 0 bridgehead atoms. The summed E-state index contributed by atoms with van der Waals surface area (Å²) in [5.41, 5.74) is 6.56. The van der Waals surface area contributed by atoms with E-state index in [-0.39, 0.29) is 6.42 Å². The standard InChI is InChI=1S/C9H8ClN3O/c10-6-1-2-13-5-12-7(4-9(11)14)8(13)3-6/h1-3,5H,4H2,(H2,11,14). The minimum atomic E-state index is -0.398. The molecule has 0 spiro atoms. The first kappa shape index (κ1) is 9.02. The van der Waals surface area contributed by atoms with Crippen LogP contribution in [0.25, 0.3) is 5.52 Å². The third kappa shape index (κ3) is 1.56. The number of hydrogen-bond acceptors (Lipinski definition) is 2. The number of halogens is 1. The van der Waals surface area contributed by atoms with Crippen LogP contribution in [0.15, 0.2) is 24.7 Å². The van der Waals surface area contributed by atoms with Gasteiger partial charge in [0.1, 0.15) is 0 Å². The Balaban J connectivity index is 2.55. The van der Waals surface area contributed by atoms with E-state index in [0.717, 1.165) is 5.52 Å². The molecular weight excluding hydrogens is 202 g/mol. The first-order valence-corrected chi connectivity index (χ1v) is 4.44. The Hall–Kier alpha value is -1.55. The van der Waals surface area contributed by atoms with Crippen molar-refractivity contribution in [2.75, 3.05) is 0 Å². The van der Waals surface area contributed by atoms with Gasteiger partial charge in [-0.2, -0.15) is 0 Å². The molecule has 0 unspecified atom stereocenters. The molecule has 2 heterocycles. The largest absolute Gasteiger partial charge is 0.369 e. The van der Waals surface area contributed by atoms with Crippen molar-refractivity contribution in [2.24, 2.45) is 5.73 Å². The van der Waals surface area contributed by atoms with Gasteiger partial charge in [-0.1, -0.05) is 11.6 Å². The average Bonchev–Trinajstić information content (AvgIpc) is 2.47. The number of hydrogen-bond donors (Lipinski definition) is 1. The molecule has 72 valence electrons. The Morgan fingerprint density at radius 1 is 1.64 bits per heavy atom. The lowest BCUT2D eigenvalue weighted by molar-refractivity contribution is -0.117. The molecule has 0 aliphatic carbocycles. The zero-order chi connectivity index (χ0) is 10.1. The number of aromatic nitrogens is 2. The summed E-state index contributed by atoms with van der Waals surface area (Å²) in [7, 11) is 0. The predicted octanol–water partition coefficient (Wildman–Crippen LogP) is 1.02. The highest BCUT2D eigenvalue weighted by Gasteiger charge is 2.07. The predicted molar refractivity (Wildman–Crippen MR) is 53.1 cm³/mol. The number of primary amides is 1. The molecule has 0 fully saturated rings. The maximum atomic E-state index is 10.7. The molecule has 2 N–H and O–H groups in total. The fraction of sp³-hybridized carbons (Fsp3) is 0.111. The van der Waals surface area contributed by atoms with E-state index in [2.05, 4.69) is 4.98 Å². The lowest BCUT2D eigenvalue weighted by Gasteiger charge is -1.96. The van der Waals surface area contributed by atoms with Gasteiger partial charge in [-0.3, -0.25) is 4.79 Å². The van der Waals surface area contributed by atoms with Crippen molar-refractivity contribution in [3.05, 3.63) is 35.4 Å². The van der Waals surface area contributed by atoms with E-state index in [4.69, 9.17) is 17.3 Å². The monoisotopic (exact) mass is 209 g/mol. The molecule has 1 amide bonds. The van der Waals surface area contributed by atoms with Crippen molar-refractivity contribution >= 4 is 23.0 Å². The Kier molecular flexibility index (Phi) is 2.13. The van der Waals surface area contributed by atoms with Crippen LogP contribution in [0.4, 0.5) is 0 Å². The van der Waals surface area contributed by atoms with Gasteiger partial charge in [0, 0.05) is 11.2 Å². The fourth-order valence-corrected chi connectivity index (χ4v) is 1.48. The normalized spacial score (nSPS) is 10.6. The summed E-state index contributed by atoms with van der Waals surface area (Å²) in [6, 6.07) is 3.51. The van der Waals surface area contributed by atoms with Crippen LogP contribution in [-0.4, -0.2) is 15.3 Å². The maximum absolute atomic E-state index is 10.7. The summed E-state index contributed by atoms with van der Waals surface area (Å²) in [6.45, 7) is 0. The van der Waals surface area contributed by atoms with Crippen LogP contribution in [0.1, 0.15) is 5.69 Å². The molecule has 5 heteroatoms. The van der Waals surface area contributed by atoms with E-state index in [1.165, 1.54) is 0 Å². The van der Waals surface area contributed by atoms with Gasteiger partial charge in [0.2, 0.25) is 5.91 Å². The molecule has 14 heavy (non-hydrogen) atoms. The van der Waals surface area contributed by atoms with Crippen LogP contribution in [-0.2, 0) is 11.2 Å². The molecular formula is C9H8ClN3O. The summed E-state index contributed by atoms with van der Waals surface area (Å²) in [5, 5.41) is 0.615. The van der Waals surface area contributed by atoms with Gasteiger partial charge in [-0.05, 0) is 12.1 Å². The molecule has 2 aromatic heterocycles. The lowest BCUT2D eigenvalue weighted by atomic mass is 10.2. The van der Waals surface area contributed by atoms with Crippen LogP contribution in [0.2, 0.25) is 5.02 Å². The molecule has 0 aliphatic heterocycles. The summed E-state index contributed by atoms with van der Waals surface area (Å²) in [6.07, 6.45) is 3.55. The van der Waals surface area contributed by atoms with Crippen molar-refractivity contribution in [1.82, 2.24) is 9.38 Å². The van der Waals surface area contributed by atoms with Crippen molar-refractivity contribution in [1.29, 1.82) is 0 Å². The third-order valence-electron chi connectivity index (χ3n) is 1.92. The van der Waals surface area contributed by atoms with E-state index in [1.54, 1.807) is 29.1 Å². The number of fused-ring (bicyclic) bond motifs is 1. The van der Waals surface area contributed by atoms with Gasteiger partial charge in [0.15, 0.2) is 0 Å². The molecule has 4 nitrogen and oxygen atoms in total. The molecule has 0 atom stereocenters. The van der Waals surface area contributed by atoms with Crippen molar-refractivity contribution < 1.29 is 4.79 Å². The second-order valence-corrected chi connectivity index (χ2v) is 3.41. The number of nitrogens with zero attached hydrogens (tertiary/aromatic N) is 2. The number of nitrogens with two attached hydrogens (primary N) is 1. The summed E-state index contributed by atoms with van der Waals surface area (Å²) >= 11 is 5.83. The first-order valence-electron chi connectivity index (χ1n) is 4.06. The number of rotatable bonds is 2. The van der Waals surface area contributed by atoms with Crippen LogP contribution < -0.4 is 5.73 Å². The highest BCUT2D eigenvalue weighted by atomic mass is 35.5. The number of amides is 1. The molecule has 0 radical (unpaired) electrons. The Labute approximate surface area is 85.3 Å². The molecule has 0 aromatic carbocycles. The highest BCUT2D eigenvalue weighted by molar-refractivity contribution is 6.30. The van der Waals surface area contributed by atoms with Crippen molar-refractivity contribution in [3.63, 3.8) is 0 Å². The quantitative estimate of drug-likeness (QED) is 0.803. The van der Waals surface area contributed by atoms with E-state index < -0.39 is 5.91 Å². The molecule has 0 saturated heterocycles. The van der Waals surface area contributed by atoms with Crippen molar-refractivity contribution in [3.8, 4) is 0 Å². The molecule has 0 aliphatic rings. The maximum Gasteiger partial charge on any atom is 0.223 e. The molecule has 0 saturated carbocycles.